The summed E-state index contributed by atoms with van der Waals surface area (Å²) in [6, 6.07) is 19.1. The van der Waals surface area contributed by atoms with Gasteiger partial charge in [-0.25, -0.2) is 0 Å². The molecule has 1 aromatic heterocycles. The molecule has 2 aliphatic rings. The molecule has 49 heavy (non-hydrogen) atoms. The maximum atomic E-state index is 14.2. The van der Waals surface area contributed by atoms with Gasteiger partial charge >= 0.3 is 5.97 Å². The molecule has 11 nitrogen and oxygen atoms in total. The number of nitrogens with zero attached hydrogens (tertiary/aromatic N) is 3. The number of rotatable bonds is 15. The van der Waals surface area contributed by atoms with Crippen LogP contribution in [-0.2, 0) is 38.4 Å². The topological polar surface area (TPSA) is 152 Å². The number of amides is 3. The van der Waals surface area contributed by atoms with Gasteiger partial charge in [0, 0.05) is 50.3 Å². The molecule has 1 aliphatic carbocycles. The first-order chi connectivity index (χ1) is 23.6. The van der Waals surface area contributed by atoms with Crippen LogP contribution in [0.5, 0.6) is 0 Å². The van der Waals surface area contributed by atoms with Gasteiger partial charge in [-0.05, 0) is 73.4 Å². The fourth-order valence-corrected chi connectivity index (χ4v) is 7.46. The molecule has 3 amide bonds. The lowest BCUT2D eigenvalue weighted by molar-refractivity contribution is -0.141. The Morgan fingerprint density at radius 3 is 2.27 bits per heavy atom. The Hall–Kier alpha value is -4.61. The molecule has 2 aromatic carbocycles. The zero-order valence-corrected chi connectivity index (χ0v) is 28.3. The number of aliphatic carboxylic acids is 1. The van der Waals surface area contributed by atoms with Crippen molar-refractivity contribution in [1.82, 2.24) is 20.5 Å². The molecule has 4 atom stereocenters. The summed E-state index contributed by atoms with van der Waals surface area (Å²) in [5, 5.41) is 27.2. The van der Waals surface area contributed by atoms with E-state index in [2.05, 4.69) is 15.6 Å². The molecule has 0 radical (unpaired) electrons. The van der Waals surface area contributed by atoms with Crippen molar-refractivity contribution < 1.29 is 29.4 Å². The molecule has 1 saturated carbocycles. The number of aryl methyl sites for hydroxylation is 1. The average molecular weight is 670 g/mol. The Labute approximate surface area is 287 Å². The smallest absolute Gasteiger partial charge is 0.321 e. The number of aromatic nitrogens is 1. The molecule has 2 fully saturated rings. The highest BCUT2D eigenvalue weighted by molar-refractivity contribution is 6.03. The van der Waals surface area contributed by atoms with E-state index in [1.54, 1.807) is 46.5 Å². The van der Waals surface area contributed by atoms with E-state index in [0.717, 1.165) is 42.4 Å². The number of nitrogens with one attached hydrogen (secondary N) is 2. The average Bonchev–Trinajstić information content (AvgIpc) is 3.67. The minimum atomic E-state index is -1.08. The van der Waals surface area contributed by atoms with Crippen LogP contribution < -0.4 is 15.5 Å². The van der Waals surface area contributed by atoms with Gasteiger partial charge in [-0.15, -0.1) is 0 Å². The van der Waals surface area contributed by atoms with Crippen molar-refractivity contribution in [3.8, 4) is 0 Å². The normalized spacial score (nSPS) is 19.9. The van der Waals surface area contributed by atoms with Gasteiger partial charge in [-0.2, -0.15) is 0 Å². The summed E-state index contributed by atoms with van der Waals surface area (Å²) < 4.78 is 0. The van der Waals surface area contributed by atoms with Crippen molar-refractivity contribution in [2.24, 2.45) is 5.41 Å². The molecule has 4 N–H and O–H groups in total. The molecule has 3 aromatic rings. The largest absolute Gasteiger partial charge is 0.480 e. The molecule has 1 saturated heterocycles. The predicted molar refractivity (Wildman–Crippen MR) is 185 cm³/mol. The highest BCUT2D eigenvalue weighted by Gasteiger charge is 2.48. The zero-order chi connectivity index (χ0) is 35.0. The molecule has 11 heteroatoms. The Bertz CT molecular complexity index is 1580. The van der Waals surface area contributed by atoms with E-state index in [9.17, 15) is 29.4 Å². The number of benzene rings is 2. The number of anilines is 1. The lowest BCUT2D eigenvalue weighted by Crippen LogP contribution is -2.52. The lowest BCUT2D eigenvalue weighted by atomic mass is 9.80. The Kier molecular flexibility index (Phi) is 11.8. The first kappa shape index (κ1) is 35.7. The lowest BCUT2D eigenvalue weighted by Gasteiger charge is -2.36. The van der Waals surface area contributed by atoms with Crippen molar-refractivity contribution >= 4 is 29.4 Å². The summed E-state index contributed by atoms with van der Waals surface area (Å²) in [7, 11) is 0. The van der Waals surface area contributed by atoms with E-state index in [1.165, 1.54) is 13.8 Å². The van der Waals surface area contributed by atoms with E-state index in [-0.39, 0.29) is 24.1 Å². The number of aliphatic hydroxyl groups is 1. The third-order valence-corrected chi connectivity index (χ3v) is 10.0. The number of hydrogen-bond donors (Lipinski definition) is 4. The third-order valence-electron chi connectivity index (χ3n) is 10.0. The highest BCUT2D eigenvalue weighted by atomic mass is 16.4. The molecular formula is C38H47N5O6. The molecule has 0 spiro atoms. The second-order valence-electron chi connectivity index (χ2n) is 13.4. The molecule has 260 valence electrons. The third kappa shape index (κ3) is 8.71. The molecule has 5 rings (SSSR count). The van der Waals surface area contributed by atoms with Crippen LogP contribution in [0, 0.1) is 5.41 Å². The summed E-state index contributed by atoms with van der Waals surface area (Å²) >= 11 is 0. The first-order valence-electron chi connectivity index (χ1n) is 17.1. The zero-order valence-electron chi connectivity index (χ0n) is 28.3. The van der Waals surface area contributed by atoms with Crippen LogP contribution in [0.25, 0.3) is 0 Å². The monoisotopic (exact) mass is 669 g/mol. The Morgan fingerprint density at radius 2 is 1.65 bits per heavy atom. The van der Waals surface area contributed by atoms with Crippen molar-refractivity contribution in [3.63, 3.8) is 0 Å². The number of carbonyl (C=O) groups excluding carboxylic acids is 3. The van der Waals surface area contributed by atoms with Gasteiger partial charge in [-0.1, -0.05) is 61.4 Å². The maximum absolute atomic E-state index is 14.2. The molecule has 0 bridgehead atoms. The fraction of sp³-hybridized carbons (Fsp3) is 0.447. The van der Waals surface area contributed by atoms with Gasteiger partial charge in [0.05, 0.1) is 0 Å². The van der Waals surface area contributed by atoms with E-state index >= 15 is 0 Å². The summed E-state index contributed by atoms with van der Waals surface area (Å²) in [4.78, 5) is 58.7. The van der Waals surface area contributed by atoms with Gasteiger partial charge in [0.2, 0.25) is 11.8 Å². The van der Waals surface area contributed by atoms with Gasteiger partial charge in [0.15, 0.2) is 0 Å². The van der Waals surface area contributed by atoms with Crippen LogP contribution in [0.4, 0.5) is 5.69 Å². The van der Waals surface area contributed by atoms with Crippen molar-refractivity contribution in [2.75, 3.05) is 11.4 Å². The van der Waals surface area contributed by atoms with Crippen LogP contribution >= 0.6 is 0 Å². The number of carboxylic acids is 1. The minimum Gasteiger partial charge on any atom is -0.480 e. The maximum Gasteiger partial charge on any atom is 0.321 e. The molecule has 1 aliphatic heterocycles. The van der Waals surface area contributed by atoms with Crippen LogP contribution in [0.2, 0.25) is 0 Å². The Balaban J connectivity index is 1.35. The van der Waals surface area contributed by atoms with E-state index < -0.39 is 35.9 Å². The molecule has 2 heterocycles. The van der Waals surface area contributed by atoms with Crippen molar-refractivity contribution in [3.05, 3.63) is 95.8 Å². The standard InChI is InChI=1S/C38H47N5O6/c1-26(44)40-22-20-38(18-6-7-19-38)37(49)41-32(36(47)48)23-29-12-15-31(16-13-29)43-34(17-14-28-9-4-3-5-10-28)42(27(2)45)33(35(43)46)24-30-11-8-21-39-25-30/h3-5,8-13,15-16,21,25,32-34,37,41,49H,6-7,14,17-20,22-24H2,1-2H3,(H,40,44)(H,47,48)/t32?,33-,34?,37+/m1/s1. The quantitative estimate of drug-likeness (QED) is 0.178. The van der Waals surface area contributed by atoms with Gasteiger partial charge < -0.3 is 20.4 Å². The van der Waals surface area contributed by atoms with Crippen molar-refractivity contribution in [2.45, 2.75) is 96.1 Å². The predicted octanol–water partition coefficient (Wildman–Crippen LogP) is 3.84. The molecular weight excluding hydrogens is 622 g/mol. The summed E-state index contributed by atoms with van der Waals surface area (Å²) in [5.74, 6) is -1.59. The Morgan fingerprint density at radius 1 is 0.959 bits per heavy atom. The molecule has 2 unspecified atom stereocenters. The van der Waals surface area contributed by atoms with Crippen molar-refractivity contribution in [1.29, 1.82) is 0 Å². The van der Waals surface area contributed by atoms with Crippen LogP contribution in [-0.4, -0.2) is 74.8 Å². The summed E-state index contributed by atoms with van der Waals surface area (Å²) in [5.41, 5.74) is 2.79. The van der Waals surface area contributed by atoms with E-state index in [0.29, 0.717) is 37.9 Å². The number of aliphatic hydroxyl groups excluding tert-OH is 1. The van der Waals surface area contributed by atoms with Crippen LogP contribution in [0.1, 0.15) is 69.1 Å². The van der Waals surface area contributed by atoms with Gasteiger partial charge in [-0.3, -0.25) is 34.4 Å². The number of hydrogen-bond acceptors (Lipinski definition) is 7. The number of pyridine rings is 1. The second-order valence-corrected chi connectivity index (χ2v) is 13.4. The second kappa shape index (κ2) is 16.2. The summed E-state index contributed by atoms with van der Waals surface area (Å²) in [6.45, 7) is 3.36. The van der Waals surface area contributed by atoms with E-state index in [4.69, 9.17) is 0 Å². The van der Waals surface area contributed by atoms with Gasteiger partial charge in [0.1, 0.15) is 24.5 Å². The van der Waals surface area contributed by atoms with E-state index in [1.807, 2.05) is 42.5 Å². The van der Waals surface area contributed by atoms with Gasteiger partial charge in [0.25, 0.3) is 5.91 Å². The number of carbonyl (C=O) groups is 4. The number of carboxylic acid groups (broad SMARTS) is 1. The SMILES string of the molecule is CC(=O)NCCC1([C@H](O)NC(Cc2ccc(N3C(=O)[C@@H](Cc4cccnc4)N(C(C)=O)C3CCc3ccccc3)cc2)C(=O)O)CCCC1. The minimum absolute atomic E-state index is 0.114. The first-order valence-corrected chi connectivity index (χ1v) is 17.1. The van der Waals surface area contributed by atoms with Crippen LogP contribution in [0.3, 0.4) is 0 Å². The summed E-state index contributed by atoms with van der Waals surface area (Å²) in [6.07, 6.45) is 7.38. The highest BCUT2D eigenvalue weighted by Crippen LogP contribution is 2.43. The fourth-order valence-electron chi connectivity index (χ4n) is 7.46. The van der Waals surface area contributed by atoms with Crippen LogP contribution in [0.15, 0.2) is 79.1 Å².